The summed E-state index contributed by atoms with van der Waals surface area (Å²) in [6.07, 6.45) is 0.216. The lowest BCUT2D eigenvalue weighted by atomic mass is 10.2. The molecular weight excluding hydrogens is 447 g/mol. The number of aryl methyl sites for hydroxylation is 1. The zero-order chi connectivity index (χ0) is 22.9. The molecule has 3 atom stereocenters. The summed E-state index contributed by atoms with van der Waals surface area (Å²) in [5, 5.41) is 0.0299. The van der Waals surface area contributed by atoms with Crippen molar-refractivity contribution in [3.8, 4) is 0 Å². The molecule has 2 heterocycles. The first-order chi connectivity index (χ1) is 13.7. The second kappa shape index (κ2) is 9.46. The molecule has 0 saturated carbocycles. The van der Waals surface area contributed by atoms with Gasteiger partial charge in [-0.05, 0) is 36.9 Å². The van der Waals surface area contributed by atoms with E-state index in [0.717, 1.165) is 0 Å². The van der Waals surface area contributed by atoms with Gasteiger partial charge in [0.1, 0.15) is 12.3 Å². The fraction of sp³-hybridized carbons (Fsp3) is 0.778. The highest BCUT2D eigenvalue weighted by Gasteiger charge is 2.44. The van der Waals surface area contributed by atoms with Crippen LogP contribution in [0.3, 0.4) is 0 Å². The van der Waals surface area contributed by atoms with Crippen LogP contribution in [0.15, 0.2) is 15.8 Å². The zero-order valence-electron chi connectivity index (χ0n) is 18.9. The largest absolute Gasteiger partial charge is 0.414 e. The normalized spacial score (nSPS) is 23.1. The molecule has 0 aliphatic carbocycles. The Morgan fingerprint density at radius 1 is 1.30 bits per heavy atom. The van der Waals surface area contributed by atoms with E-state index < -0.39 is 44.7 Å². The van der Waals surface area contributed by atoms with E-state index in [1.165, 1.54) is 25.0 Å². The van der Waals surface area contributed by atoms with Gasteiger partial charge in [-0.25, -0.2) is 4.79 Å². The molecule has 0 radical (unpaired) electrons. The molecular formula is C18H33N2O7PSSi. The first-order valence-corrected chi connectivity index (χ1v) is 15.2. The molecule has 0 unspecified atom stereocenters. The van der Waals surface area contributed by atoms with Crippen LogP contribution in [-0.2, 0) is 34.5 Å². The van der Waals surface area contributed by atoms with Gasteiger partial charge in [-0.1, -0.05) is 20.8 Å². The van der Waals surface area contributed by atoms with E-state index in [1.807, 2.05) is 0 Å². The highest BCUT2D eigenvalue weighted by molar-refractivity contribution is 8.07. The Hall–Kier alpha value is -0.653. The van der Waals surface area contributed by atoms with Crippen LogP contribution in [0.4, 0.5) is 0 Å². The second-order valence-corrected chi connectivity index (χ2v) is 16.9. The maximum Gasteiger partial charge on any atom is 0.330 e. The maximum atomic E-state index is 12.3. The fourth-order valence-electron chi connectivity index (χ4n) is 2.77. The lowest BCUT2D eigenvalue weighted by Crippen LogP contribution is -2.44. The molecule has 1 aliphatic rings. The molecule has 1 N–H and O–H groups in total. The van der Waals surface area contributed by atoms with Crippen molar-refractivity contribution in [1.82, 2.24) is 9.55 Å². The van der Waals surface area contributed by atoms with Crippen molar-refractivity contribution >= 4 is 26.8 Å². The summed E-state index contributed by atoms with van der Waals surface area (Å²) >= 11 is 5.37. The van der Waals surface area contributed by atoms with E-state index in [9.17, 15) is 9.59 Å². The number of hydrogen-bond acceptors (Lipinski definition) is 8. The molecule has 9 nitrogen and oxygen atoms in total. The summed E-state index contributed by atoms with van der Waals surface area (Å²) in [5.74, 6) is 0. The SMILES string of the molecule is COP(=S)(OC)O[C@H]1C[C@H](n2cc(C)c(=O)[nH]c2=O)O[C@@H]1CO[Si](C)(C)C(C)(C)C. The topological polar surface area (TPSA) is 101 Å². The van der Waals surface area contributed by atoms with Gasteiger partial charge in [-0.2, -0.15) is 0 Å². The Kier molecular flexibility index (Phi) is 8.07. The van der Waals surface area contributed by atoms with E-state index in [0.29, 0.717) is 12.0 Å². The molecule has 12 heteroatoms. The summed E-state index contributed by atoms with van der Waals surface area (Å²) in [6.45, 7) is 9.75. The minimum Gasteiger partial charge on any atom is -0.414 e. The predicted molar refractivity (Wildman–Crippen MR) is 121 cm³/mol. The second-order valence-electron chi connectivity index (χ2n) is 8.87. The third-order valence-electron chi connectivity index (χ3n) is 5.76. The van der Waals surface area contributed by atoms with Gasteiger partial charge < -0.3 is 22.7 Å². The monoisotopic (exact) mass is 480 g/mol. The van der Waals surface area contributed by atoms with Crippen LogP contribution < -0.4 is 11.2 Å². The third-order valence-corrected chi connectivity index (χ3v) is 12.8. The van der Waals surface area contributed by atoms with Crippen molar-refractivity contribution in [3.63, 3.8) is 0 Å². The number of nitrogens with one attached hydrogen (secondary N) is 1. The van der Waals surface area contributed by atoms with Crippen molar-refractivity contribution in [2.75, 3.05) is 20.8 Å². The van der Waals surface area contributed by atoms with Gasteiger partial charge in [0.2, 0.25) is 0 Å². The summed E-state index contributed by atoms with van der Waals surface area (Å²) < 4.78 is 30.4. The van der Waals surface area contributed by atoms with Crippen LogP contribution in [0.2, 0.25) is 18.1 Å². The van der Waals surface area contributed by atoms with Gasteiger partial charge in [-0.15, -0.1) is 0 Å². The van der Waals surface area contributed by atoms with E-state index in [1.54, 1.807) is 6.92 Å². The zero-order valence-corrected chi connectivity index (χ0v) is 21.6. The van der Waals surface area contributed by atoms with E-state index in [4.69, 9.17) is 34.5 Å². The van der Waals surface area contributed by atoms with Crippen LogP contribution >= 0.6 is 6.72 Å². The summed E-state index contributed by atoms with van der Waals surface area (Å²) in [7, 11) is 0.841. The van der Waals surface area contributed by atoms with Crippen LogP contribution in [0.5, 0.6) is 0 Å². The molecule has 1 saturated heterocycles. The molecule has 0 amide bonds. The van der Waals surface area contributed by atoms with Gasteiger partial charge in [0.05, 0.1) is 12.7 Å². The van der Waals surface area contributed by atoms with Crippen molar-refractivity contribution < 1.29 is 22.7 Å². The fourth-order valence-corrected chi connectivity index (χ4v) is 4.99. The lowest BCUT2D eigenvalue weighted by molar-refractivity contribution is -0.0416. The molecule has 1 aromatic rings. The van der Waals surface area contributed by atoms with E-state index >= 15 is 0 Å². The predicted octanol–water partition coefficient (Wildman–Crippen LogP) is 3.06. The van der Waals surface area contributed by atoms with Crippen LogP contribution in [0, 0.1) is 6.92 Å². The van der Waals surface area contributed by atoms with Crippen molar-refractivity contribution in [3.05, 3.63) is 32.6 Å². The Morgan fingerprint density at radius 2 is 1.90 bits per heavy atom. The molecule has 0 bridgehead atoms. The standard InChI is InChI=1S/C18H33N2O7PSSi/c1-12-10-20(17(22)19-16(12)21)15-9-13(27-28(29,23-5)24-6)14(26-15)11-25-30(7,8)18(2,3)4/h10,13-15H,9,11H2,1-8H3,(H,19,21,22)/t13-,14+,15+/m0/s1. The molecule has 2 rings (SSSR count). The first kappa shape index (κ1) is 25.6. The van der Waals surface area contributed by atoms with Gasteiger partial charge in [-0.3, -0.25) is 14.3 Å². The van der Waals surface area contributed by atoms with Gasteiger partial charge in [0.25, 0.3) is 5.56 Å². The van der Waals surface area contributed by atoms with Crippen LogP contribution in [-0.4, -0.2) is 50.9 Å². The molecule has 30 heavy (non-hydrogen) atoms. The molecule has 1 aliphatic heterocycles. The summed E-state index contributed by atoms with van der Waals surface area (Å²) in [6, 6.07) is 0. The van der Waals surface area contributed by atoms with Gasteiger partial charge in [0.15, 0.2) is 8.32 Å². The molecule has 0 spiro atoms. The van der Waals surface area contributed by atoms with Gasteiger partial charge >= 0.3 is 12.4 Å². The number of rotatable bonds is 8. The third kappa shape index (κ3) is 5.77. The van der Waals surface area contributed by atoms with Crippen molar-refractivity contribution in [2.45, 2.75) is 70.7 Å². The average molecular weight is 481 g/mol. The summed E-state index contributed by atoms with van der Waals surface area (Å²) in [4.78, 5) is 26.4. The number of hydrogen-bond donors (Lipinski definition) is 1. The molecule has 1 aromatic heterocycles. The highest BCUT2D eigenvalue weighted by Crippen LogP contribution is 2.52. The molecule has 0 aromatic carbocycles. The average Bonchev–Trinajstić information content (AvgIpc) is 3.04. The molecule has 172 valence electrons. The Balaban J connectivity index is 2.30. The van der Waals surface area contributed by atoms with E-state index in [2.05, 4.69) is 38.8 Å². The smallest absolute Gasteiger partial charge is 0.330 e. The van der Waals surface area contributed by atoms with E-state index in [-0.39, 0.29) is 11.6 Å². The number of aromatic nitrogens is 2. The minimum atomic E-state index is -2.95. The molecule has 1 fully saturated rings. The number of nitrogens with zero attached hydrogens (tertiary/aromatic N) is 1. The van der Waals surface area contributed by atoms with Gasteiger partial charge in [0, 0.05) is 32.4 Å². The highest BCUT2D eigenvalue weighted by atomic mass is 32.5. The number of H-pyrrole nitrogens is 1. The van der Waals surface area contributed by atoms with Crippen LogP contribution in [0.1, 0.15) is 39.0 Å². The number of ether oxygens (including phenoxy) is 1. The number of aromatic amines is 1. The Bertz CT molecular complexity index is 903. The van der Waals surface area contributed by atoms with Crippen LogP contribution in [0.25, 0.3) is 0 Å². The van der Waals surface area contributed by atoms with Crippen molar-refractivity contribution in [1.29, 1.82) is 0 Å². The minimum absolute atomic E-state index is 0.0299. The van der Waals surface area contributed by atoms with Crippen molar-refractivity contribution in [2.24, 2.45) is 0 Å². The quantitative estimate of drug-likeness (QED) is 0.448. The lowest BCUT2D eigenvalue weighted by Gasteiger charge is -2.37. The Morgan fingerprint density at radius 3 is 2.43 bits per heavy atom. The maximum absolute atomic E-state index is 12.3. The first-order valence-electron chi connectivity index (χ1n) is 9.74. The Labute approximate surface area is 183 Å². The summed E-state index contributed by atoms with van der Waals surface area (Å²) in [5.41, 5.74) is -0.553.